The van der Waals surface area contributed by atoms with Gasteiger partial charge in [-0.05, 0) is 102 Å². The van der Waals surface area contributed by atoms with E-state index in [1.807, 2.05) is 49.6 Å². The van der Waals surface area contributed by atoms with Crippen molar-refractivity contribution >= 4 is 51.8 Å². The Hall–Kier alpha value is -6.63. The molecule has 0 saturated heterocycles. The molecule has 0 atom stereocenters. The van der Waals surface area contributed by atoms with Crippen molar-refractivity contribution in [3.05, 3.63) is 193 Å². The van der Waals surface area contributed by atoms with Gasteiger partial charge in [0, 0.05) is 59.2 Å². The van der Waals surface area contributed by atoms with Gasteiger partial charge in [-0.3, -0.25) is 0 Å². The van der Waals surface area contributed by atoms with Gasteiger partial charge in [0.1, 0.15) is 0 Å². The minimum atomic E-state index is 0.589. The van der Waals surface area contributed by atoms with E-state index in [0.29, 0.717) is 6.54 Å². The van der Waals surface area contributed by atoms with Gasteiger partial charge in [-0.2, -0.15) is 0 Å². The van der Waals surface area contributed by atoms with Crippen molar-refractivity contribution in [1.29, 1.82) is 5.41 Å². The van der Waals surface area contributed by atoms with Gasteiger partial charge in [-0.25, -0.2) is 0 Å². The van der Waals surface area contributed by atoms with Crippen LogP contribution in [0.15, 0.2) is 171 Å². The molecule has 0 unspecified atom stereocenters. The van der Waals surface area contributed by atoms with Crippen LogP contribution in [-0.4, -0.2) is 26.9 Å². The van der Waals surface area contributed by atoms with Crippen molar-refractivity contribution in [2.75, 3.05) is 36.6 Å². The maximum absolute atomic E-state index is 7.27. The maximum atomic E-state index is 7.27. The van der Waals surface area contributed by atoms with Gasteiger partial charge in [0.2, 0.25) is 0 Å². The Labute approximate surface area is 315 Å². The number of nitrogens with two attached hydrogens (primary N) is 2. The van der Waals surface area contributed by atoms with Gasteiger partial charge < -0.3 is 32.8 Å². The molecule has 6 nitrogen and oxygen atoms in total. The van der Waals surface area contributed by atoms with Crippen molar-refractivity contribution in [1.82, 2.24) is 0 Å². The average Bonchev–Trinajstić information content (AvgIpc) is 3.21. The largest absolute Gasteiger partial charge is 0.405 e. The van der Waals surface area contributed by atoms with E-state index in [4.69, 9.17) is 11.1 Å². The highest BCUT2D eigenvalue weighted by atomic mass is 14.9. The van der Waals surface area contributed by atoms with Gasteiger partial charge in [-0.1, -0.05) is 122 Å². The first-order valence-corrected chi connectivity index (χ1v) is 17.5. The van der Waals surface area contributed by atoms with Crippen LogP contribution >= 0.6 is 0 Å². The zero-order valence-corrected chi connectivity index (χ0v) is 30.8. The standard InChI is InChI=1S/C46H45N5.CH5N/c1-4-14-37(31-34(2)41-19-8-11-22-46(41)51-40-17-6-5-7-18-40)38-27-28-44(49-3)43(32-38)42-20-9-10-21-45(42)50-33-39(16-13-30-48)36-25-23-35(24-26-36)15-12-29-47;1-2/h4-32,47,49-51H,1,33,48H2,2-3H3;2H2,1H3/b15-12-,30-13-,34-31+,37-14+,39-16+,47-29?;. The Morgan fingerprint density at radius 3 is 2.11 bits per heavy atom. The summed E-state index contributed by atoms with van der Waals surface area (Å²) in [5, 5.41) is 18.0. The predicted molar refractivity (Wildman–Crippen MR) is 234 cm³/mol. The number of nitrogens with one attached hydrogen (secondary N) is 4. The van der Waals surface area contributed by atoms with E-state index in [1.54, 1.807) is 12.3 Å². The molecule has 8 N–H and O–H groups in total. The highest BCUT2D eigenvalue weighted by Crippen LogP contribution is 2.37. The van der Waals surface area contributed by atoms with Crippen molar-refractivity contribution in [2.45, 2.75) is 6.92 Å². The fourth-order valence-corrected chi connectivity index (χ4v) is 5.90. The van der Waals surface area contributed by atoms with E-state index in [1.165, 1.54) is 13.3 Å². The van der Waals surface area contributed by atoms with Crippen LogP contribution in [0.1, 0.15) is 29.2 Å². The second-order valence-corrected chi connectivity index (χ2v) is 11.9. The summed E-state index contributed by atoms with van der Waals surface area (Å²) in [5.41, 5.74) is 24.2. The lowest BCUT2D eigenvalue weighted by atomic mass is 9.93. The maximum Gasteiger partial charge on any atom is 0.0460 e. The molecule has 0 heterocycles. The first kappa shape index (κ1) is 39.2. The first-order chi connectivity index (χ1) is 26.0. The van der Waals surface area contributed by atoms with E-state index < -0.39 is 0 Å². The van der Waals surface area contributed by atoms with Crippen LogP contribution in [0.25, 0.3) is 33.9 Å². The summed E-state index contributed by atoms with van der Waals surface area (Å²) in [5.74, 6) is 0. The molecular formula is C47H50N6. The third kappa shape index (κ3) is 10.9. The van der Waals surface area contributed by atoms with Gasteiger partial charge in [0.05, 0.1) is 0 Å². The number of hydrogen-bond acceptors (Lipinski definition) is 6. The third-order valence-corrected chi connectivity index (χ3v) is 8.46. The average molecular weight is 699 g/mol. The summed E-state index contributed by atoms with van der Waals surface area (Å²) >= 11 is 0. The van der Waals surface area contributed by atoms with Crippen LogP contribution in [0.3, 0.4) is 0 Å². The summed E-state index contributed by atoms with van der Waals surface area (Å²) < 4.78 is 0. The molecule has 0 aliphatic rings. The normalized spacial score (nSPS) is 11.9. The first-order valence-electron chi connectivity index (χ1n) is 17.5. The van der Waals surface area contributed by atoms with E-state index in [9.17, 15) is 0 Å². The van der Waals surface area contributed by atoms with Crippen molar-refractivity contribution in [3.63, 3.8) is 0 Å². The van der Waals surface area contributed by atoms with Crippen LogP contribution in [0.4, 0.5) is 22.7 Å². The fourth-order valence-electron chi connectivity index (χ4n) is 5.90. The SMILES string of the molecule is C=C/C=C(\C=C(/C)c1ccccc1Nc1ccccc1)c1ccc(NC)c(-c2ccccc2NC/C(=C\C=C/N)c2ccc(/C=C\C=N)cc2)c1.CN. The molecule has 0 spiro atoms. The third-order valence-electron chi connectivity index (χ3n) is 8.46. The second-order valence-electron chi connectivity index (χ2n) is 11.9. The molecule has 0 aliphatic heterocycles. The predicted octanol–water partition coefficient (Wildman–Crippen LogP) is 11.0. The minimum Gasteiger partial charge on any atom is -0.405 e. The Bertz CT molecular complexity index is 2100. The van der Waals surface area contributed by atoms with Crippen molar-refractivity contribution in [3.8, 4) is 11.1 Å². The fraction of sp³-hybridized carbons (Fsp3) is 0.0851. The number of rotatable bonds is 15. The number of benzene rings is 5. The smallest absolute Gasteiger partial charge is 0.0460 e. The number of allylic oxidation sites excluding steroid dienone is 8. The Kier molecular flexibility index (Phi) is 15.4. The van der Waals surface area contributed by atoms with Crippen LogP contribution in [0.5, 0.6) is 0 Å². The molecule has 53 heavy (non-hydrogen) atoms. The van der Waals surface area contributed by atoms with Crippen LogP contribution < -0.4 is 27.4 Å². The summed E-state index contributed by atoms with van der Waals surface area (Å²) in [6, 6.07) is 41.8. The summed E-state index contributed by atoms with van der Waals surface area (Å²) in [6.07, 6.45) is 16.5. The minimum absolute atomic E-state index is 0.589. The molecule has 5 rings (SSSR count). The molecule has 0 radical (unpaired) electrons. The lowest BCUT2D eigenvalue weighted by Crippen LogP contribution is -2.06. The van der Waals surface area contributed by atoms with E-state index in [-0.39, 0.29) is 0 Å². The summed E-state index contributed by atoms with van der Waals surface area (Å²) in [4.78, 5) is 0. The zero-order valence-electron chi connectivity index (χ0n) is 30.8. The molecule has 0 aliphatic carbocycles. The topological polar surface area (TPSA) is 112 Å². The van der Waals surface area contributed by atoms with Crippen LogP contribution in [-0.2, 0) is 0 Å². The molecule has 0 aromatic heterocycles. The number of hydrogen-bond donors (Lipinski definition) is 6. The Balaban J connectivity index is 0.00000308. The van der Waals surface area contributed by atoms with E-state index >= 15 is 0 Å². The Morgan fingerprint density at radius 1 is 0.736 bits per heavy atom. The number of para-hydroxylation sites is 3. The molecule has 0 amide bonds. The Morgan fingerprint density at radius 2 is 1.42 bits per heavy atom. The highest BCUT2D eigenvalue weighted by molar-refractivity contribution is 5.93. The van der Waals surface area contributed by atoms with Gasteiger partial charge >= 0.3 is 0 Å². The molecule has 6 heteroatoms. The summed E-state index contributed by atoms with van der Waals surface area (Å²) in [7, 11) is 3.46. The molecular weight excluding hydrogens is 649 g/mol. The molecule has 0 bridgehead atoms. The molecule has 0 saturated carbocycles. The number of anilines is 4. The molecule has 0 fully saturated rings. The van der Waals surface area contributed by atoms with Gasteiger partial charge in [0.15, 0.2) is 0 Å². The van der Waals surface area contributed by atoms with Crippen LogP contribution in [0.2, 0.25) is 0 Å². The van der Waals surface area contributed by atoms with Gasteiger partial charge in [0.25, 0.3) is 0 Å². The van der Waals surface area contributed by atoms with Crippen molar-refractivity contribution < 1.29 is 0 Å². The monoisotopic (exact) mass is 698 g/mol. The zero-order chi connectivity index (χ0) is 37.8. The second kappa shape index (κ2) is 20.9. The van der Waals surface area contributed by atoms with E-state index in [0.717, 1.165) is 72.8 Å². The summed E-state index contributed by atoms with van der Waals surface area (Å²) in [6.45, 7) is 6.78. The quantitative estimate of drug-likeness (QED) is 0.0481. The van der Waals surface area contributed by atoms with Crippen LogP contribution in [0, 0.1) is 5.41 Å². The molecule has 5 aromatic rings. The van der Waals surface area contributed by atoms with Gasteiger partial charge in [-0.15, -0.1) is 0 Å². The van der Waals surface area contributed by atoms with E-state index in [2.05, 4.69) is 150 Å². The molecule has 5 aromatic carbocycles. The molecule has 268 valence electrons. The van der Waals surface area contributed by atoms with Crippen molar-refractivity contribution in [2.24, 2.45) is 11.5 Å². The highest BCUT2D eigenvalue weighted by Gasteiger charge is 2.13. The lowest BCUT2D eigenvalue weighted by Gasteiger charge is -2.18. The lowest BCUT2D eigenvalue weighted by molar-refractivity contribution is 1.33.